The number of aromatic nitrogens is 3. The Morgan fingerprint density at radius 1 is 1.28 bits per heavy atom. The van der Waals surface area contributed by atoms with Gasteiger partial charge in [-0.25, -0.2) is 4.98 Å². The number of fused-ring (bicyclic) bond motifs is 1. The number of rotatable bonds is 6. The lowest BCUT2D eigenvalue weighted by Crippen LogP contribution is -2.41. The van der Waals surface area contributed by atoms with Crippen molar-refractivity contribution in [3.8, 4) is 0 Å². The molecule has 3 aromatic heterocycles. The number of hydrogen-bond donors (Lipinski definition) is 1. The van der Waals surface area contributed by atoms with E-state index in [0.717, 1.165) is 23.3 Å². The van der Waals surface area contributed by atoms with Gasteiger partial charge in [0.15, 0.2) is 5.69 Å². The van der Waals surface area contributed by atoms with Gasteiger partial charge in [-0.15, -0.1) is 0 Å². The van der Waals surface area contributed by atoms with Gasteiger partial charge in [-0.3, -0.25) is 9.78 Å². The maximum absolute atomic E-state index is 13.2. The molecule has 0 spiro atoms. The number of amides is 1. The number of carbonyl (C=O) groups is 1. The Kier molecular flexibility index (Phi) is 5.87. The molecule has 3 aromatic rings. The van der Waals surface area contributed by atoms with E-state index in [2.05, 4.69) is 23.3 Å². The highest BCUT2D eigenvalue weighted by molar-refractivity contribution is 5.94. The summed E-state index contributed by atoms with van der Waals surface area (Å²) in [6, 6.07) is 8.29. The zero-order valence-electron chi connectivity index (χ0n) is 17.0. The molecule has 29 heavy (non-hydrogen) atoms. The summed E-state index contributed by atoms with van der Waals surface area (Å²) in [6.07, 6.45) is 6.53. The number of ether oxygens (including phenoxy) is 1. The minimum Gasteiger partial charge on any atom is -0.378 e. The highest BCUT2D eigenvalue weighted by Gasteiger charge is 2.25. The predicted molar refractivity (Wildman–Crippen MR) is 111 cm³/mol. The third kappa shape index (κ3) is 4.31. The Balaban J connectivity index is 1.58. The number of imidazole rings is 1. The first-order valence-corrected chi connectivity index (χ1v) is 10.1. The smallest absolute Gasteiger partial charge is 0.274 e. The van der Waals surface area contributed by atoms with Crippen LogP contribution in [-0.4, -0.2) is 57.5 Å². The van der Waals surface area contributed by atoms with Crippen molar-refractivity contribution in [3.05, 3.63) is 65.4 Å². The summed E-state index contributed by atoms with van der Waals surface area (Å²) in [7, 11) is 0. The minimum absolute atomic E-state index is 0.0203. The summed E-state index contributed by atoms with van der Waals surface area (Å²) >= 11 is 0. The lowest BCUT2D eigenvalue weighted by Gasteiger charge is -2.26. The van der Waals surface area contributed by atoms with E-state index in [1.54, 1.807) is 6.20 Å². The van der Waals surface area contributed by atoms with Crippen molar-refractivity contribution in [1.82, 2.24) is 24.6 Å². The molecule has 0 radical (unpaired) electrons. The summed E-state index contributed by atoms with van der Waals surface area (Å²) in [6.45, 7) is 7.10. The van der Waals surface area contributed by atoms with Crippen molar-refractivity contribution in [3.63, 3.8) is 0 Å². The molecule has 0 aromatic carbocycles. The molecule has 1 aliphatic rings. The molecule has 1 aliphatic heterocycles. The van der Waals surface area contributed by atoms with E-state index in [9.17, 15) is 4.79 Å². The SMILES string of the molecule is Cc1cccn2c(CN[C@@H](C)Cc3cccnc3)c(C(=O)N3CCOCC3)nc12. The second kappa shape index (κ2) is 8.71. The van der Waals surface area contributed by atoms with Gasteiger partial charge in [0.25, 0.3) is 5.91 Å². The molecule has 4 heterocycles. The first-order chi connectivity index (χ1) is 14.1. The number of aryl methyl sites for hydroxylation is 1. The van der Waals surface area contributed by atoms with Crippen LogP contribution in [0.5, 0.6) is 0 Å². The standard InChI is InChI=1S/C22H27N5O2/c1-16-5-4-8-27-19(15-24-17(2)13-18-6-3-7-23-14-18)20(25-21(16)27)22(28)26-9-11-29-12-10-26/h3-8,14,17,24H,9-13,15H2,1-2H3/t17-/m0/s1. The molecule has 0 unspecified atom stereocenters. The fourth-order valence-electron chi connectivity index (χ4n) is 3.72. The molecule has 0 saturated carbocycles. The van der Waals surface area contributed by atoms with Crippen LogP contribution in [0.2, 0.25) is 0 Å². The van der Waals surface area contributed by atoms with Crippen LogP contribution in [0.1, 0.15) is 34.2 Å². The molecule has 1 N–H and O–H groups in total. The molecule has 0 bridgehead atoms. The first kappa shape index (κ1) is 19.5. The Bertz CT molecular complexity index is 980. The summed E-state index contributed by atoms with van der Waals surface area (Å²) in [4.78, 5) is 23.9. The minimum atomic E-state index is -0.0203. The van der Waals surface area contributed by atoms with Crippen molar-refractivity contribution >= 4 is 11.6 Å². The monoisotopic (exact) mass is 393 g/mol. The van der Waals surface area contributed by atoms with Gasteiger partial charge in [-0.1, -0.05) is 12.1 Å². The number of morpholine rings is 1. The normalized spacial score (nSPS) is 15.6. The molecule has 1 fully saturated rings. The van der Waals surface area contributed by atoms with Crippen molar-refractivity contribution in [1.29, 1.82) is 0 Å². The molecule has 7 nitrogen and oxygen atoms in total. The Morgan fingerprint density at radius 3 is 2.86 bits per heavy atom. The second-order valence-electron chi connectivity index (χ2n) is 7.54. The van der Waals surface area contributed by atoms with E-state index >= 15 is 0 Å². The van der Waals surface area contributed by atoms with Gasteiger partial charge in [-0.05, 0) is 43.5 Å². The maximum atomic E-state index is 13.2. The van der Waals surface area contributed by atoms with Gasteiger partial charge in [0.05, 0.1) is 18.9 Å². The highest BCUT2D eigenvalue weighted by atomic mass is 16.5. The number of hydrogen-bond acceptors (Lipinski definition) is 5. The van der Waals surface area contributed by atoms with Crippen molar-refractivity contribution in [2.75, 3.05) is 26.3 Å². The summed E-state index contributed by atoms with van der Waals surface area (Å²) in [5, 5.41) is 3.56. The molecule has 1 amide bonds. The van der Waals surface area contributed by atoms with Crippen LogP contribution in [0.15, 0.2) is 42.9 Å². The molecule has 152 valence electrons. The Hall–Kier alpha value is -2.77. The van der Waals surface area contributed by atoms with Crippen LogP contribution < -0.4 is 5.32 Å². The van der Waals surface area contributed by atoms with Gasteiger partial charge < -0.3 is 19.4 Å². The average Bonchev–Trinajstić information content (AvgIpc) is 3.13. The van der Waals surface area contributed by atoms with Crippen LogP contribution in [0, 0.1) is 6.92 Å². The van der Waals surface area contributed by atoms with E-state index in [1.165, 1.54) is 5.56 Å². The van der Waals surface area contributed by atoms with E-state index in [0.29, 0.717) is 38.5 Å². The Morgan fingerprint density at radius 2 is 2.10 bits per heavy atom. The van der Waals surface area contributed by atoms with Crippen LogP contribution in [0.4, 0.5) is 0 Å². The third-order valence-electron chi connectivity index (χ3n) is 5.33. The van der Waals surface area contributed by atoms with E-state index in [1.807, 2.05) is 46.8 Å². The highest BCUT2D eigenvalue weighted by Crippen LogP contribution is 2.19. The van der Waals surface area contributed by atoms with Gasteiger partial charge in [0, 0.05) is 44.3 Å². The van der Waals surface area contributed by atoms with Crippen LogP contribution in [-0.2, 0) is 17.7 Å². The topological polar surface area (TPSA) is 71.8 Å². The van der Waals surface area contributed by atoms with E-state index in [-0.39, 0.29) is 11.9 Å². The number of pyridine rings is 2. The molecule has 4 rings (SSSR count). The summed E-state index contributed by atoms with van der Waals surface area (Å²) in [5.74, 6) is -0.0203. The number of nitrogens with one attached hydrogen (secondary N) is 1. The fraction of sp³-hybridized carbons (Fsp3) is 0.409. The third-order valence-corrected chi connectivity index (χ3v) is 5.33. The second-order valence-corrected chi connectivity index (χ2v) is 7.54. The van der Waals surface area contributed by atoms with Crippen LogP contribution in [0.3, 0.4) is 0 Å². The zero-order chi connectivity index (χ0) is 20.2. The first-order valence-electron chi connectivity index (χ1n) is 10.1. The average molecular weight is 393 g/mol. The Labute approximate surface area is 170 Å². The zero-order valence-corrected chi connectivity index (χ0v) is 17.0. The molecular weight excluding hydrogens is 366 g/mol. The lowest BCUT2D eigenvalue weighted by atomic mass is 10.1. The maximum Gasteiger partial charge on any atom is 0.274 e. The summed E-state index contributed by atoms with van der Waals surface area (Å²) < 4.78 is 7.43. The van der Waals surface area contributed by atoms with Crippen molar-refractivity contribution in [2.45, 2.75) is 32.9 Å². The van der Waals surface area contributed by atoms with Gasteiger partial charge in [-0.2, -0.15) is 0 Å². The fourth-order valence-corrected chi connectivity index (χ4v) is 3.72. The van der Waals surface area contributed by atoms with Gasteiger partial charge in [0.1, 0.15) is 5.65 Å². The number of nitrogens with zero attached hydrogens (tertiary/aromatic N) is 4. The molecule has 1 atom stereocenters. The van der Waals surface area contributed by atoms with Gasteiger partial charge >= 0.3 is 0 Å². The molecule has 7 heteroatoms. The molecule has 0 aliphatic carbocycles. The number of carbonyl (C=O) groups excluding carboxylic acids is 1. The summed E-state index contributed by atoms with van der Waals surface area (Å²) in [5.41, 5.74) is 4.51. The molecule has 1 saturated heterocycles. The van der Waals surface area contributed by atoms with Crippen molar-refractivity contribution < 1.29 is 9.53 Å². The quantitative estimate of drug-likeness (QED) is 0.695. The molecular formula is C22H27N5O2. The van der Waals surface area contributed by atoms with Gasteiger partial charge in [0.2, 0.25) is 0 Å². The lowest BCUT2D eigenvalue weighted by molar-refractivity contribution is 0.0298. The van der Waals surface area contributed by atoms with E-state index in [4.69, 9.17) is 9.72 Å². The van der Waals surface area contributed by atoms with E-state index < -0.39 is 0 Å². The van der Waals surface area contributed by atoms with Crippen LogP contribution >= 0.6 is 0 Å². The largest absolute Gasteiger partial charge is 0.378 e. The van der Waals surface area contributed by atoms with Crippen molar-refractivity contribution in [2.24, 2.45) is 0 Å². The van der Waals surface area contributed by atoms with Crippen LogP contribution in [0.25, 0.3) is 5.65 Å². The predicted octanol–water partition coefficient (Wildman–Crippen LogP) is 2.23.